The molecule has 0 fully saturated rings. The summed E-state index contributed by atoms with van der Waals surface area (Å²) in [5.41, 5.74) is 2.49. The fourth-order valence-corrected chi connectivity index (χ4v) is 2.21. The minimum absolute atomic E-state index is 0.0391. The van der Waals surface area contributed by atoms with Crippen LogP contribution in [-0.2, 0) is 10.2 Å². The summed E-state index contributed by atoms with van der Waals surface area (Å²) < 4.78 is 5.49. The maximum absolute atomic E-state index is 10.3. The van der Waals surface area contributed by atoms with Gasteiger partial charge in [-0.05, 0) is 23.3 Å². The number of aldehydes is 1. The predicted octanol–water partition coefficient (Wildman–Crippen LogP) is 3.98. The summed E-state index contributed by atoms with van der Waals surface area (Å²) >= 11 is 0. The van der Waals surface area contributed by atoms with Crippen molar-refractivity contribution in [1.29, 1.82) is 0 Å². The van der Waals surface area contributed by atoms with E-state index in [2.05, 4.69) is 50.2 Å². The lowest BCUT2D eigenvalue weighted by Gasteiger charge is -2.26. The second-order valence-electron chi connectivity index (χ2n) is 5.32. The minimum Gasteiger partial charge on any atom is -0.493 e. The molecule has 0 heterocycles. The fourth-order valence-electron chi connectivity index (χ4n) is 2.21. The van der Waals surface area contributed by atoms with E-state index in [0.717, 1.165) is 12.0 Å². The van der Waals surface area contributed by atoms with Gasteiger partial charge in [-0.15, -0.1) is 0 Å². The maximum atomic E-state index is 10.3. The second kappa shape index (κ2) is 6.38. The van der Waals surface area contributed by atoms with E-state index in [-0.39, 0.29) is 5.41 Å². The van der Waals surface area contributed by atoms with Crippen molar-refractivity contribution in [2.24, 2.45) is 0 Å². The average molecular weight is 268 g/mol. The van der Waals surface area contributed by atoms with Gasteiger partial charge in [-0.3, -0.25) is 0 Å². The Morgan fingerprint density at radius 1 is 0.950 bits per heavy atom. The molecule has 0 aliphatic carbocycles. The van der Waals surface area contributed by atoms with Crippen molar-refractivity contribution in [2.45, 2.75) is 25.7 Å². The van der Waals surface area contributed by atoms with Crippen molar-refractivity contribution < 1.29 is 9.53 Å². The van der Waals surface area contributed by atoms with Crippen molar-refractivity contribution in [3.8, 4) is 5.75 Å². The van der Waals surface area contributed by atoms with Crippen molar-refractivity contribution in [1.82, 2.24) is 0 Å². The zero-order valence-corrected chi connectivity index (χ0v) is 12.0. The highest BCUT2D eigenvalue weighted by molar-refractivity contribution is 5.49. The first-order valence-electron chi connectivity index (χ1n) is 6.87. The minimum atomic E-state index is -0.0391. The number of carbonyl (C=O) groups is 1. The number of hydrogen-bond donors (Lipinski definition) is 0. The fraction of sp³-hybridized carbons (Fsp3) is 0.278. The van der Waals surface area contributed by atoms with Crippen LogP contribution >= 0.6 is 0 Å². The van der Waals surface area contributed by atoms with Gasteiger partial charge < -0.3 is 9.53 Å². The van der Waals surface area contributed by atoms with E-state index < -0.39 is 0 Å². The Labute approximate surface area is 120 Å². The lowest BCUT2D eigenvalue weighted by Crippen LogP contribution is -2.18. The van der Waals surface area contributed by atoms with Crippen LogP contribution < -0.4 is 4.74 Å². The normalized spacial score (nSPS) is 11.1. The molecule has 0 N–H and O–H groups in total. The van der Waals surface area contributed by atoms with Crippen LogP contribution in [0, 0.1) is 0 Å². The summed E-state index contributed by atoms with van der Waals surface area (Å²) in [5.74, 6) is 0.805. The molecule has 0 aromatic heterocycles. The Morgan fingerprint density at radius 2 is 1.55 bits per heavy atom. The van der Waals surface area contributed by atoms with Crippen molar-refractivity contribution >= 4 is 6.29 Å². The van der Waals surface area contributed by atoms with Gasteiger partial charge in [-0.2, -0.15) is 0 Å². The van der Waals surface area contributed by atoms with E-state index in [1.165, 1.54) is 11.1 Å². The first kappa shape index (κ1) is 14.3. The molecule has 2 aromatic carbocycles. The second-order valence-corrected chi connectivity index (χ2v) is 5.32. The lowest BCUT2D eigenvalue weighted by molar-refractivity contribution is -0.108. The Hall–Kier alpha value is -2.09. The quantitative estimate of drug-likeness (QED) is 0.585. The van der Waals surface area contributed by atoms with Crippen LogP contribution in [0.5, 0.6) is 5.75 Å². The number of benzene rings is 2. The smallest absolute Gasteiger partial charge is 0.123 e. The number of rotatable bonds is 6. The van der Waals surface area contributed by atoms with Crippen LogP contribution in [0.3, 0.4) is 0 Å². The highest BCUT2D eigenvalue weighted by Gasteiger charge is 2.22. The molecule has 104 valence electrons. The van der Waals surface area contributed by atoms with Crippen molar-refractivity contribution in [2.75, 3.05) is 6.61 Å². The highest BCUT2D eigenvalue weighted by Crippen LogP contribution is 2.32. The molecule has 0 bridgehead atoms. The van der Waals surface area contributed by atoms with E-state index in [4.69, 9.17) is 4.74 Å². The number of ether oxygens (including phenoxy) is 1. The molecule has 0 saturated heterocycles. The van der Waals surface area contributed by atoms with Crippen LogP contribution in [0.2, 0.25) is 0 Å². The summed E-state index contributed by atoms with van der Waals surface area (Å²) in [6, 6.07) is 18.6. The molecular formula is C18H20O2. The monoisotopic (exact) mass is 268 g/mol. The zero-order valence-electron chi connectivity index (χ0n) is 12.0. The number of hydrogen-bond acceptors (Lipinski definition) is 2. The van der Waals surface area contributed by atoms with E-state index >= 15 is 0 Å². The van der Waals surface area contributed by atoms with Gasteiger partial charge in [0.2, 0.25) is 0 Å². The molecule has 2 heteroatoms. The Morgan fingerprint density at radius 3 is 2.15 bits per heavy atom. The van der Waals surface area contributed by atoms with Gasteiger partial charge >= 0.3 is 0 Å². The molecule has 0 aliphatic rings. The van der Waals surface area contributed by atoms with Gasteiger partial charge in [-0.25, -0.2) is 0 Å². The van der Waals surface area contributed by atoms with Gasteiger partial charge in [-0.1, -0.05) is 56.3 Å². The first-order chi connectivity index (χ1) is 9.64. The molecular weight excluding hydrogens is 248 g/mol. The molecule has 0 spiro atoms. The van der Waals surface area contributed by atoms with Crippen LogP contribution in [-0.4, -0.2) is 12.9 Å². The summed E-state index contributed by atoms with van der Waals surface area (Å²) in [6.07, 6.45) is 1.30. The van der Waals surface area contributed by atoms with E-state index in [0.29, 0.717) is 13.0 Å². The molecule has 2 nitrogen and oxygen atoms in total. The number of carbonyl (C=O) groups excluding carboxylic acids is 1. The van der Waals surface area contributed by atoms with E-state index in [9.17, 15) is 4.79 Å². The Bertz CT molecular complexity index is 541. The topological polar surface area (TPSA) is 26.3 Å². The average Bonchev–Trinajstić information content (AvgIpc) is 2.49. The van der Waals surface area contributed by atoms with E-state index in [1.807, 2.05) is 18.2 Å². The lowest BCUT2D eigenvalue weighted by atomic mass is 9.78. The van der Waals surface area contributed by atoms with Crippen LogP contribution in [0.1, 0.15) is 31.4 Å². The SMILES string of the molecule is CC(C)(c1ccccc1)c1ccc(OCCC=O)cc1. The third-order valence-corrected chi connectivity index (χ3v) is 3.58. The van der Waals surface area contributed by atoms with Crippen molar-refractivity contribution in [3.63, 3.8) is 0 Å². The third kappa shape index (κ3) is 3.27. The molecule has 0 amide bonds. The molecule has 2 rings (SSSR count). The van der Waals surface area contributed by atoms with Crippen molar-refractivity contribution in [3.05, 3.63) is 65.7 Å². The summed E-state index contributed by atoms with van der Waals surface area (Å²) in [6.45, 7) is 4.86. The Balaban J connectivity index is 2.15. The van der Waals surface area contributed by atoms with Gasteiger partial charge in [0, 0.05) is 11.8 Å². The predicted molar refractivity (Wildman–Crippen MR) is 81.2 cm³/mol. The molecule has 0 radical (unpaired) electrons. The molecule has 0 unspecified atom stereocenters. The molecule has 2 aromatic rings. The zero-order chi connectivity index (χ0) is 14.4. The van der Waals surface area contributed by atoms with Crippen LogP contribution in [0.15, 0.2) is 54.6 Å². The van der Waals surface area contributed by atoms with Gasteiger partial charge in [0.05, 0.1) is 6.61 Å². The van der Waals surface area contributed by atoms with Gasteiger partial charge in [0.25, 0.3) is 0 Å². The molecule has 0 saturated carbocycles. The molecule has 0 aliphatic heterocycles. The first-order valence-corrected chi connectivity index (χ1v) is 6.87. The summed E-state index contributed by atoms with van der Waals surface area (Å²) in [4.78, 5) is 10.3. The largest absolute Gasteiger partial charge is 0.493 e. The van der Waals surface area contributed by atoms with Gasteiger partial charge in [0.15, 0.2) is 0 Å². The highest BCUT2D eigenvalue weighted by atomic mass is 16.5. The Kier molecular flexibility index (Phi) is 4.57. The standard InChI is InChI=1S/C18H20O2/c1-18(2,15-7-4-3-5-8-15)16-9-11-17(12-10-16)20-14-6-13-19/h3-5,7-13H,6,14H2,1-2H3. The molecule has 20 heavy (non-hydrogen) atoms. The van der Waals surface area contributed by atoms with Gasteiger partial charge in [0.1, 0.15) is 12.0 Å². The third-order valence-electron chi connectivity index (χ3n) is 3.58. The van der Waals surface area contributed by atoms with Crippen LogP contribution in [0.25, 0.3) is 0 Å². The summed E-state index contributed by atoms with van der Waals surface area (Å²) in [7, 11) is 0. The summed E-state index contributed by atoms with van der Waals surface area (Å²) in [5, 5.41) is 0. The maximum Gasteiger partial charge on any atom is 0.123 e. The van der Waals surface area contributed by atoms with E-state index in [1.54, 1.807) is 0 Å². The van der Waals surface area contributed by atoms with Crippen LogP contribution in [0.4, 0.5) is 0 Å². The molecule has 0 atom stereocenters.